The van der Waals surface area contributed by atoms with Crippen LogP contribution in [0.25, 0.3) is 11.3 Å². The molecule has 0 fully saturated rings. The number of methoxy groups -OCH3 is 1. The summed E-state index contributed by atoms with van der Waals surface area (Å²) in [7, 11) is 1.62. The van der Waals surface area contributed by atoms with Gasteiger partial charge in [0.1, 0.15) is 10.8 Å². The minimum Gasteiger partial charge on any atom is -0.497 e. The molecular formula is C21H19N3O3S. The first kappa shape index (κ1) is 19.6. The van der Waals surface area contributed by atoms with Gasteiger partial charge in [0, 0.05) is 16.8 Å². The minimum atomic E-state index is -0.151. The number of nitrogens with zero attached hydrogens (tertiary/aromatic N) is 2. The molecule has 1 aromatic heterocycles. The molecule has 2 aromatic carbocycles. The summed E-state index contributed by atoms with van der Waals surface area (Å²) < 4.78 is 5.15. The SMILES string of the molecule is COc1ccc(-c2ccc(SCC(=O)Nc3ccc(C(C)=O)cc3)nn2)cc1. The van der Waals surface area contributed by atoms with Crippen molar-refractivity contribution in [2.24, 2.45) is 0 Å². The zero-order valence-electron chi connectivity index (χ0n) is 15.5. The van der Waals surface area contributed by atoms with Gasteiger partial charge in [0.05, 0.1) is 18.6 Å². The third-order valence-corrected chi connectivity index (χ3v) is 4.87. The highest BCUT2D eigenvalue weighted by molar-refractivity contribution is 7.99. The number of Topliss-reactive ketones (excluding diaryl/α,β-unsaturated/α-hetero) is 1. The van der Waals surface area contributed by atoms with Gasteiger partial charge in [0.15, 0.2) is 5.78 Å². The van der Waals surface area contributed by atoms with Crippen molar-refractivity contribution >= 4 is 29.1 Å². The fourth-order valence-electron chi connectivity index (χ4n) is 2.44. The van der Waals surface area contributed by atoms with Gasteiger partial charge in [-0.05, 0) is 67.6 Å². The maximum Gasteiger partial charge on any atom is 0.234 e. The van der Waals surface area contributed by atoms with Crippen LogP contribution in [0.15, 0.2) is 65.7 Å². The van der Waals surface area contributed by atoms with E-state index < -0.39 is 0 Å². The van der Waals surface area contributed by atoms with E-state index in [1.54, 1.807) is 31.4 Å². The Morgan fingerprint density at radius 2 is 1.68 bits per heavy atom. The molecule has 142 valence electrons. The van der Waals surface area contributed by atoms with E-state index in [0.717, 1.165) is 17.0 Å². The van der Waals surface area contributed by atoms with E-state index in [1.807, 2.05) is 36.4 Å². The molecule has 0 spiro atoms. The number of aromatic nitrogens is 2. The van der Waals surface area contributed by atoms with Gasteiger partial charge < -0.3 is 10.1 Å². The third-order valence-electron chi connectivity index (χ3n) is 3.95. The largest absolute Gasteiger partial charge is 0.497 e. The molecule has 1 heterocycles. The van der Waals surface area contributed by atoms with E-state index in [-0.39, 0.29) is 17.4 Å². The maximum absolute atomic E-state index is 12.1. The zero-order chi connectivity index (χ0) is 19.9. The Morgan fingerprint density at radius 3 is 2.25 bits per heavy atom. The molecule has 0 saturated heterocycles. The molecule has 0 aliphatic heterocycles. The van der Waals surface area contributed by atoms with Gasteiger partial charge in [-0.3, -0.25) is 9.59 Å². The number of hydrogen-bond donors (Lipinski definition) is 1. The fourth-order valence-corrected chi connectivity index (χ4v) is 3.05. The number of ether oxygens (including phenoxy) is 1. The summed E-state index contributed by atoms with van der Waals surface area (Å²) in [6.07, 6.45) is 0. The summed E-state index contributed by atoms with van der Waals surface area (Å²) in [5.74, 6) is 0.836. The normalized spacial score (nSPS) is 10.4. The van der Waals surface area contributed by atoms with Crippen molar-refractivity contribution < 1.29 is 14.3 Å². The summed E-state index contributed by atoms with van der Waals surface area (Å²) in [6.45, 7) is 1.51. The number of rotatable bonds is 7. The lowest BCUT2D eigenvalue weighted by Crippen LogP contribution is -2.14. The Kier molecular flexibility index (Phi) is 6.39. The van der Waals surface area contributed by atoms with Crippen molar-refractivity contribution in [3.63, 3.8) is 0 Å². The van der Waals surface area contributed by atoms with Crippen LogP contribution in [-0.2, 0) is 4.79 Å². The summed E-state index contributed by atoms with van der Waals surface area (Å²) in [4.78, 5) is 23.4. The Bertz CT molecular complexity index is 956. The highest BCUT2D eigenvalue weighted by Crippen LogP contribution is 2.22. The van der Waals surface area contributed by atoms with Crippen molar-refractivity contribution in [2.45, 2.75) is 11.9 Å². The van der Waals surface area contributed by atoms with Crippen LogP contribution in [0.2, 0.25) is 0 Å². The van der Waals surface area contributed by atoms with Crippen molar-refractivity contribution in [1.82, 2.24) is 10.2 Å². The van der Waals surface area contributed by atoms with Crippen molar-refractivity contribution in [1.29, 1.82) is 0 Å². The summed E-state index contributed by atoms with van der Waals surface area (Å²) in [5.41, 5.74) is 2.95. The monoisotopic (exact) mass is 393 g/mol. The van der Waals surface area contributed by atoms with Gasteiger partial charge in [0.25, 0.3) is 0 Å². The number of amides is 1. The van der Waals surface area contributed by atoms with Gasteiger partial charge in [-0.1, -0.05) is 11.8 Å². The summed E-state index contributed by atoms with van der Waals surface area (Å²) >= 11 is 1.31. The molecule has 0 saturated carbocycles. The number of ketones is 1. The Labute approximate surface area is 167 Å². The number of anilines is 1. The van der Waals surface area contributed by atoms with Crippen molar-refractivity contribution in [3.05, 3.63) is 66.2 Å². The molecule has 28 heavy (non-hydrogen) atoms. The van der Waals surface area contributed by atoms with E-state index in [0.29, 0.717) is 16.3 Å². The lowest BCUT2D eigenvalue weighted by atomic mass is 10.1. The van der Waals surface area contributed by atoms with Crippen LogP contribution in [0.3, 0.4) is 0 Å². The lowest BCUT2D eigenvalue weighted by molar-refractivity contribution is -0.113. The smallest absolute Gasteiger partial charge is 0.234 e. The highest BCUT2D eigenvalue weighted by Gasteiger charge is 2.07. The molecule has 7 heteroatoms. The second-order valence-electron chi connectivity index (χ2n) is 5.96. The molecule has 0 aliphatic carbocycles. The molecule has 1 amide bonds. The maximum atomic E-state index is 12.1. The number of benzene rings is 2. The van der Waals surface area contributed by atoms with Crippen molar-refractivity contribution in [2.75, 3.05) is 18.2 Å². The lowest BCUT2D eigenvalue weighted by Gasteiger charge is -2.06. The average molecular weight is 393 g/mol. The molecule has 0 aliphatic rings. The molecule has 0 atom stereocenters. The Balaban J connectivity index is 1.53. The van der Waals surface area contributed by atoms with Gasteiger partial charge in [-0.15, -0.1) is 10.2 Å². The van der Waals surface area contributed by atoms with Gasteiger partial charge in [0.2, 0.25) is 5.91 Å². The van der Waals surface area contributed by atoms with Crippen LogP contribution < -0.4 is 10.1 Å². The Morgan fingerprint density at radius 1 is 0.964 bits per heavy atom. The molecule has 3 aromatic rings. The Hall–Kier alpha value is -3.19. The van der Waals surface area contributed by atoms with Crippen LogP contribution >= 0.6 is 11.8 Å². The number of hydrogen-bond acceptors (Lipinski definition) is 6. The van der Waals surface area contributed by atoms with E-state index in [2.05, 4.69) is 15.5 Å². The van der Waals surface area contributed by atoms with E-state index in [4.69, 9.17) is 4.74 Å². The fraction of sp³-hybridized carbons (Fsp3) is 0.143. The van der Waals surface area contributed by atoms with Crippen LogP contribution in [0, 0.1) is 0 Å². The molecule has 6 nitrogen and oxygen atoms in total. The first-order valence-electron chi connectivity index (χ1n) is 8.57. The first-order valence-corrected chi connectivity index (χ1v) is 9.55. The summed E-state index contributed by atoms with van der Waals surface area (Å²) in [5, 5.41) is 11.9. The quantitative estimate of drug-likeness (QED) is 0.481. The van der Waals surface area contributed by atoms with E-state index in [9.17, 15) is 9.59 Å². The standard InChI is InChI=1S/C21H19N3O3S/c1-14(25)15-3-7-17(8-4-15)22-20(26)13-28-21-12-11-19(23-24-21)16-5-9-18(27-2)10-6-16/h3-12H,13H2,1-2H3,(H,22,26). The molecule has 1 N–H and O–H groups in total. The number of carbonyl (C=O) groups excluding carboxylic acids is 2. The number of carbonyl (C=O) groups is 2. The second-order valence-corrected chi connectivity index (χ2v) is 6.95. The number of thioether (sulfide) groups is 1. The van der Waals surface area contributed by atoms with E-state index in [1.165, 1.54) is 18.7 Å². The molecule has 3 rings (SSSR count). The van der Waals surface area contributed by atoms with Gasteiger partial charge in [-0.2, -0.15) is 0 Å². The van der Waals surface area contributed by atoms with Crippen molar-refractivity contribution in [3.8, 4) is 17.0 Å². The predicted octanol–water partition coefficient (Wildman–Crippen LogP) is 4.09. The topological polar surface area (TPSA) is 81.2 Å². The molecule has 0 bridgehead atoms. The molecular weight excluding hydrogens is 374 g/mol. The van der Waals surface area contributed by atoms with Crippen LogP contribution in [0.1, 0.15) is 17.3 Å². The number of nitrogens with one attached hydrogen (secondary N) is 1. The van der Waals surface area contributed by atoms with E-state index >= 15 is 0 Å². The third kappa shape index (κ3) is 5.17. The molecule has 0 unspecified atom stereocenters. The van der Waals surface area contributed by atoms with Crippen LogP contribution in [-0.4, -0.2) is 34.8 Å². The highest BCUT2D eigenvalue weighted by atomic mass is 32.2. The summed E-state index contributed by atoms with van der Waals surface area (Å²) in [6, 6.07) is 18.1. The second kappa shape index (κ2) is 9.14. The first-order chi connectivity index (χ1) is 13.5. The van der Waals surface area contributed by atoms with Gasteiger partial charge >= 0.3 is 0 Å². The minimum absolute atomic E-state index is 0.00917. The average Bonchev–Trinajstić information content (AvgIpc) is 2.73. The molecule has 0 radical (unpaired) electrons. The van der Waals surface area contributed by atoms with Gasteiger partial charge in [-0.25, -0.2) is 0 Å². The van der Waals surface area contributed by atoms with Crippen LogP contribution in [0.4, 0.5) is 5.69 Å². The van der Waals surface area contributed by atoms with Crippen LogP contribution in [0.5, 0.6) is 5.75 Å². The predicted molar refractivity (Wildman–Crippen MR) is 110 cm³/mol. The zero-order valence-corrected chi connectivity index (χ0v) is 16.3.